The summed E-state index contributed by atoms with van der Waals surface area (Å²) >= 11 is 0. The van der Waals surface area contributed by atoms with Gasteiger partial charge in [0.15, 0.2) is 0 Å². The molecule has 6 rings (SSSR count). The van der Waals surface area contributed by atoms with E-state index < -0.39 is 20.3 Å². The fraction of sp³-hybridized carbons (Fsp3) is 0.395. The molecule has 4 aromatic rings. The third-order valence-electron chi connectivity index (χ3n) is 10.0. The van der Waals surface area contributed by atoms with Gasteiger partial charge >= 0.3 is 5.69 Å². The fourth-order valence-electron chi connectivity index (χ4n) is 7.51. The van der Waals surface area contributed by atoms with Gasteiger partial charge in [-0.25, -0.2) is 4.79 Å². The SMILES string of the molecule is Cn1c(=O)n(C2CCC(=O)NC2=O)c2ccc(/C=C/C3CCC(CO[Si](c4ccccc4)(c4ccccc4)C(C)(C)C)CC3)cc21. The number of hydrogen-bond donors (Lipinski definition) is 1. The first kappa shape index (κ1) is 31.9. The predicted molar refractivity (Wildman–Crippen MR) is 187 cm³/mol. The average Bonchev–Trinajstić information content (AvgIpc) is 3.30. The molecule has 3 aromatic carbocycles. The Morgan fingerprint density at radius 3 is 2.07 bits per heavy atom. The molecule has 0 radical (unpaired) electrons. The largest absolute Gasteiger partial charge is 0.407 e. The van der Waals surface area contributed by atoms with Crippen molar-refractivity contribution in [2.45, 2.75) is 70.4 Å². The molecule has 1 aliphatic heterocycles. The van der Waals surface area contributed by atoms with Gasteiger partial charge in [-0.15, -0.1) is 0 Å². The monoisotopic (exact) mass is 635 g/mol. The Hall–Kier alpha value is -4.01. The van der Waals surface area contributed by atoms with E-state index in [1.54, 1.807) is 11.6 Å². The number of fused-ring (bicyclic) bond motifs is 1. The number of imidazole rings is 1. The van der Waals surface area contributed by atoms with Crippen LogP contribution in [-0.2, 0) is 21.1 Å². The van der Waals surface area contributed by atoms with Gasteiger partial charge in [-0.1, -0.05) is 99.7 Å². The van der Waals surface area contributed by atoms with Crippen LogP contribution >= 0.6 is 0 Å². The third kappa shape index (κ3) is 6.08. The minimum absolute atomic E-state index is 0.0247. The molecular formula is C38H45N3O4Si. The van der Waals surface area contributed by atoms with Gasteiger partial charge in [-0.05, 0) is 77.0 Å². The van der Waals surface area contributed by atoms with Crippen LogP contribution in [0.5, 0.6) is 0 Å². The summed E-state index contributed by atoms with van der Waals surface area (Å²) in [7, 11) is -0.802. The number of carbonyl (C=O) groups excluding carboxylic acids is 2. The number of rotatable bonds is 8. The summed E-state index contributed by atoms with van der Waals surface area (Å²) in [5.74, 6) is 0.325. The first-order valence-electron chi connectivity index (χ1n) is 16.6. The quantitative estimate of drug-likeness (QED) is 0.199. The number of aryl methyl sites for hydroxylation is 1. The van der Waals surface area contributed by atoms with E-state index in [0.29, 0.717) is 23.8 Å². The van der Waals surface area contributed by atoms with Crippen molar-refractivity contribution < 1.29 is 14.0 Å². The number of piperidine rings is 1. The normalized spacial score (nSPS) is 21.2. The van der Waals surface area contributed by atoms with E-state index in [1.165, 1.54) is 14.9 Å². The van der Waals surface area contributed by atoms with Crippen LogP contribution in [0.4, 0.5) is 0 Å². The Morgan fingerprint density at radius 2 is 1.48 bits per heavy atom. The maximum absolute atomic E-state index is 13.1. The number of amides is 2. The smallest absolute Gasteiger partial charge is 0.329 e. The molecule has 0 bridgehead atoms. The number of nitrogens with zero attached hydrogens (tertiary/aromatic N) is 2. The Morgan fingerprint density at radius 1 is 0.848 bits per heavy atom. The van der Waals surface area contributed by atoms with Crippen LogP contribution in [0.1, 0.15) is 70.9 Å². The summed E-state index contributed by atoms with van der Waals surface area (Å²) in [6.07, 6.45) is 9.55. The Balaban J connectivity index is 1.13. The van der Waals surface area contributed by atoms with Crippen molar-refractivity contribution in [1.82, 2.24) is 14.5 Å². The van der Waals surface area contributed by atoms with Gasteiger partial charge in [0.2, 0.25) is 11.8 Å². The zero-order chi connectivity index (χ0) is 32.5. The molecule has 8 heteroatoms. The first-order valence-corrected chi connectivity index (χ1v) is 18.5. The number of imide groups is 1. The Kier molecular flexibility index (Phi) is 9.03. The summed E-state index contributed by atoms with van der Waals surface area (Å²) in [6, 6.07) is 27.0. The molecule has 240 valence electrons. The number of hydrogen-bond acceptors (Lipinski definition) is 4. The summed E-state index contributed by atoms with van der Waals surface area (Å²) < 4.78 is 10.4. The molecule has 2 aliphatic rings. The zero-order valence-corrected chi connectivity index (χ0v) is 28.4. The molecular weight excluding hydrogens is 591 g/mol. The van der Waals surface area contributed by atoms with E-state index in [9.17, 15) is 14.4 Å². The van der Waals surface area contributed by atoms with Crippen LogP contribution in [0, 0.1) is 11.8 Å². The molecule has 46 heavy (non-hydrogen) atoms. The van der Waals surface area contributed by atoms with Crippen molar-refractivity contribution in [3.05, 3.63) is 101 Å². The minimum Gasteiger partial charge on any atom is -0.407 e. The lowest BCUT2D eigenvalue weighted by molar-refractivity contribution is -0.135. The molecule has 1 saturated carbocycles. The number of nitrogens with one attached hydrogen (secondary N) is 1. The second kappa shape index (κ2) is 13.0. The molecule has 1 saturated heterocycles. The molecule has 2 amide bonds. The molecule has 1 unspecified atom stereocenters. The summed E-state index contributed by atoms with van der Waals surface area (Å²) in [5, 5.41) is 5.00. The number of aromatic nitrogens is 2. The van der Waals surface area contributed by atoms with E-state index in [-0.39, 0.29) is 23.1 Å². The van der Waals surface area contributed by atoms with Crippen LogP contribution in [-0.4, -0.2) is 35.9 Å². The van der Waals surface area contributed by atoms with Crippen LogP contribution < -0.4 is 21.4 Å². The van der Waals surface area contributed by atoms with Crippen LogP contribution in [0.25, 0.3) is 17.1 Å². The molecule has 1 aromatic heterocycles. The molecule has 0 spiro atoms. The van der Waals surface area contributed by atoms with Crippen LogP contribution in [0.3, 0.4) is 0 Å². The summed E-state index contributed by atoms with van der Waals surface area (Å²) in [4.78, 5) is 37.3. The maximum Gasteiger partial charge on any atom is 0.329 e. The van der Waals surface area contributed by atoms with Crippen LogP contribution in [0.15, 0.2) is 89.7 Å². The minimum atomic E-state index is -2.53. The summed E-state index contributed by atoms with van der Waals surface area (Å²) in [6.45, 7) is 7.78. The van der Waals surface area contributed by atoms with Gasteiger partial charge in [-0.2, -0.15) is 0 Å². The van der Waals surface area contributed by atoms with E-state index in [4.69, 9.17) is 4.43 Å². The van der Waals surface area contributed by atoms with Crippen molar-refractivity contribution >= 4 is 47.6 Å². The molecule has 2 heterocycles. The maximum atomic E-state index is 13.1. The second-order valence-corrected chi connectivity index (χ2v) is 18.3. The van der Waals surface area contributed by atoms with Gasteiger partial charge in [0, 0.05) is 20.1 Å². The predicted octanol–water partition coefficient (Wildman–Crippen LogP) is 5.71. The standard InChI is InChI=1S/C38H45N3O4Si/c1-38(2,3)46(30-11-7-5-8-12-30,31-13-9-6-10-14-31)45-26-29-19-16-27(17-20-29)15-18-28-21-22-32-34(25-28)40(4)37(44)41(32)33-23-24-35(42)39-36(33)43/h5-15,18,21-22,25,27,29,33H,16-17,19-20,23-24,26H2,1-4H3,(H,39,42,43)/b18-15+. The lowest BCUT2D eigenvalue weighted by atomic mass is 9.82. The van der Waals surface area contributed by atoms with E-state index in [2.05, 4.69) is 98.9 Å². The molecule has 7 nitrogen and oxygen atoms in total. The number of benzene rings is 3. The molecule has 2 fully saturated rings. The lowest BCUT2D eigenvalue weighted by Gasteiger charge is -2.44. The van der Waals surface area contributed by atoms with Crippen molar-refractivity contribution in [2.75, 3.05) is 6.61 Å². The highest BCUT2D eigenvalue weighted by atomic mass is 28.4. The highest BCUT2D eigenvalue weighted by molar-refractivity contribution is 6.99. The van der Waals surface area contributed by atoms with Crippen molar-refractivity contribution in [3.63, 3.8) is 0 Å². The average molecular weight is 636 g/mol. The zero-order valence-electron chi connectivity index (χ0n) is 27.4. The Bertz CT molecular complexity index is 1760. The third-order valence-corrected chi connectivity index (χ3v) is 15.0. The highest BCUT2D eigenvalue weighted by Gasteiger charge is 2.50. The van der Waals surface area contributed by atoms with Crippen LogP contribution in [0.2, 0.25) is 5.04 Å². The van der Waals surface area contributed by atoms with E-state index >= 15 is 0 Å². The second-order valence-electron chi connectivity index (χ2n) is 14.0. The molecule has 1 atom stereocenters. The van der Waals surface area contributed by atoms with Crippen molar-refractivity contribution in [1.29, 1.82) is 0 Å². The first-order chi connectivity index (χ1) is 22.1. The topological polar surface area (TPSA) is 82.3 Å². The van der Waals surface area contributed by atoms with Gasteiger partial charge in [0.1, 0.15) is 6.04 Å². The number of allylic oxidation sites excluding steroid dienone is 1. The van der Waals surface area contributed by atoms with Gasteiger partial charge in [0.05, 0.1) is 11.0 Å². The van der Waals surface area contributed by atoms with Crippen molar-refractivity contribution in [2.24, 2.45) is 18.9 Å². The lowest BCUT2D eigenvalue weighted by Crippen LogP contribution is -2.66. The van der Waals surface area contributed by atoms with Crippen molar-refractivity contribution in [3.8, 4) is 0 Å². The van der Waals surface area contributed by atoms with Gasteiger partial charge in [-0.3, -0.25) is 24.0 Å². The van der Waals surface area contributed by atoms with Gasteiger partial charge in [0.25, 0.3) is 8.32 Å². The molecule has 1 aliphatic carbocycles. The number of carbonyl (C=O) groups is 2. The Labute approximate surface area is 272 Å². The van der Waals surface area contributed by atoms with E-state index in [0.717, 1.165) is 43.4 Å². The summed E-state index contributed by atoms with van der Waals surface area (Å²) in [5.41, 5.74) is 2.27. The van der Waals surface area contributed by atoms with Gasteiger partial charge < -0.3 is 4.43 Å². The molecule has 1 N–H and O–H groups in total. The fourth-order valence-corrected chi connectivity index (χ4v) is 12.2. The highest BCUT2D eigenvalue weighted by Crippen LogP contribution is 2.38. The van der Waals surface area contributed by atoms with E-state index in [1.807, 2.05) is 18.2 Å².